The minimum Gasteiger partial charge on any atom is -0.466 e. The highest BCUT2D eigenvalue weighted by Crippen LogP contribution is 2.68. The molecule has 0 aromatic rings. The van der Waals surface area contributed by atoms with Crippen molar-refractivity contribution in [3.8, 4) is 0 Å². The van der Waals surface area contributed by atoms with Crippen LogP contribution in [0.4, 0.5) is 0 Å². The van der Waals surface area contributed by atoms with Crippen LogP contribution in [0.5, 0.6) is 0 Å². The second-order valence-corrected chi connectivity index (χ2v) is 13.1. The molecule has 0 heterocycles. The second kappa shape index (κ2) is 9.67. The van der Waals surface area contributed by atoms with E-state index in [4.69, 9.17) is 4.74 Å². The molecule has 1 unspecified atom stereocenters. The smallest absolute Gasteiger partial charge is 0.309 e. The molecule has 0 amide bonds. The monoisotopic (exact) mass is 458 g/mol. The van der Waals surface area contributed by atoms with E-state index in [1.54, 1.807) is 0 Å². The van der Waals surface area contributed by atoms with Crippen LogP contribution >= 0.6 is 0 Å². The maximum atomic E-state index is 13.1. The fourth-order valence-electron chi connectivity index (χ4n) is 9.35. The maximum Gasteiger partial charge on any atom is 0.309 e. The average Bonchev–Trinajstić information content (AvgIpc) is 3.11. The number of carbonyl (C=O) groups excluding carboxylic acids is 1. The van der Waals surface area contributed by atoms with Crippen LogP contribution in [0.25, 0.3) is 0 Å². The summed E-state index contributed by atoms with van der Waals surface area (Å²) in [5.74, 6) is 4.20. The van der Waals surface area contributed by atoms with E-state index < -0.39 is 6.10 Å². The third-order valence-electron chi connectivity index (χ3n) is 11.0. The van der Waals surface area contributed by atoms with Gasteiger partial charge in [0.15, 0.2) is 0 Å². The molecule has 188 valence electrons. The molecule has 0 aromatic heterocycles. The first-order chi connectivity index (χ1) is 15.6. The van der Waals surface area contributed by atoms with Gasteiger partial charge in [-0.2, -0.15) is 0 Å². The number of ether oxygens (including phenoxy) is 1. The first kappa shape index (κ1) is 25.3. The lowest BCUT2D eigenvalue weighted by molar-refractivity contribution is -0.161. The third-order valence-corrected chi connectivity index (χ3v) is 11.0. The fraction of sp³-hybridized carbons (Fsp3) is 0.900. The number of fused-ring (bicyclic) bond motifs is 5. The van der Waals surface area contributed by atoms with E-state index in [1.807, 2.05) is 6.92 Å². The highest BCUT2D eigenvalue weighted by Gasteiger charge is 2.62. The Hall–Kier alpha value is -0.830. The van der Waals surface area contributed by atoms with E-state index in [-0.39, 0.29) is 17.3 Å². The number of hydrogen-bond acceptors (Lipinski definition) is 3. The fourth-order valence-corrected chi connectivity index (χ4v) is 9.35. The zero-order valence-electron chi connectivity index (χ0n) is 22.2. The van der Waals surface area contributed by atoms with Gasteiger partial charge in [-0.3, -0.25) is 4.79 Å². The maximum absolute atomic E-state index is 13.1. The SMILES string of the molecule is CCOC(=O)C1C[C@H](O)CC2=CC[C@H]3[C@@H]4CC[C@H]([C@H](C)CCCC(C)C)[C@@]4(C)CC[C@@H]3[C@]21C. The summed E-state index contributed by atoms with van der Waals surface area (Å²) < 4.78 is 5.56. The molecule has 33 heavy (non-hydrogen) atoms. The van der Waals surface area contributed by atoms with Crippen LogP contribution in [0.2, 0.25) is 0 Å². The second-order valence-electron chi connectivity index (χ2n) is 13.1. The molecular weight excluding hydrogens is 408 g/mol. The molecule has 0 radical (unpaired) electrons. The molecule has 0 aliphatic heterocycles. The molecule has 0 aromatic carbocycles. The summed E-state index contributed by atoms with van der Waals surface area (Å²) in [4.78, 5) is 13.1. The Kier molecular flexibility index (Phi) is 7.40. The van der Waals surface area contributed by atoms with Crippen molar-refractivity contribution in [1.82, 2.24) is 0 Å². The molecule has 4 aliphatic rings. The van der Waals surface area contributed by atoms with Crippen molar-refractivity contribution in [2.24, 2.45) is 52.3 Å². The Morgan fingerprint density at radius 3 is 2.61 bits per heavy atom. The summed E-state index contributed by atoms with van der Waals surface area (Å²) in [6, 6.07) is 0. The molecule has 4 aliphatic carbocycles. The van der Waals surface area contributed by atoms with Gasteiger partial charge in [0.05, 0.1) is 18.6 Å². The Balaban J connectivity index is 1.56. The van der Waals surface area contributed by atoms with Crippen molar-refractivity contribution in [2.45, 2.75) is 112 Å². The van der Waals surface area contributed by atoms with Crippen molar-refractivity contribution in [3.05, 3.63) is 11.6 Å². The number of carbonyl (C=O) groups is 1. The largest absolute Gasteiger partial charge is 0.466 e. The van der Waals surface area contributed by atoms with E-state index in [1.165, 1.54) is 50.5 Å². The highest BCUT2D eigenvalue weighted by atomic mass is 16.5. The van der Waals surface area contributed by atoms with E-state index in [0.717, 1.165) is 36.5 Å². The molecule has 3 nitrogen and oxygen atoms in total. The van der Waals surface area contributed by atoms with Crippen LogP contribution in [0.15, 0.2) is 11.6 Å². The first-order valence-electron chi connectivity index (χ1n) is 14.2. The Morgan fingerprint density at radius 1 is 1.15 bits per heavy atom. The lowest BCUT2D eigenvalue weighted by Crippen LogP contribution is -2.55. The summed E-state index contributed by atoms with van der Waals surface area (Å²) in [6.07, 6.45) is 13.9. The quantitative estimate of drug-likeness (QED) is 0.325. The van der Waals surface area contributed by atoms with Gasteiger partial charge in [-0.1, -0.05) is 65.5 Å². The van der Waals surface area contributed by atoms with Crippen molar-refractivity contribution in [3.63, 3.8) is 0 Å². The molecule has 0 saturated heterocycles. The minimum atomic E-state index is -0.410. The predicted octanol–water partition coefficient (Wildman–Crippen LogP) is 7.18. The van der Waals surface area contributed by atoms with E-state index in [2.05, 4.69) is 40.7 Å². The van der Waals surface area contributed by atoms with Crippen LogP contribution < -0.4 is 0 Å². The van der Waals surface area contributed by atoms with E-state index >= 15 is 0 Å². The van der Waals surface area contributed by atoms with Crippen molar-refractivity contribution in [1.29, 1.82) is 0 Å². The van der Waals surface area contributed by atoms with Gasteiger partial charge in [0.2, 0.25) is 0 Å². The average molecular weight is 459 g/mol. The standard InChI is InChI=1S/C30H50O3/c1-7-33-28(32)27-18-22(31)17-21-11-12-23-25-14-13-24(20(4)10-8-9-19(2)3)29(25,5)16-15-26(23)30(21,27)6/h11,19-20,22-27,31H,7-10,12-18H2,1-6H3/t20-,22-,23+,24-,25+,26+,27?,29-,30+/m1/s1. The number of aliphatic hydroxyl groups is 1. The van der Waals surface area contributed by atoms with Gasteiger partial charge in [-0.15, -0.1) is 0 Å². The number of esters is 1. The van der Waals surface area contributed by atoms with Crippen LogP contribution in [-0.2, 0) is 9.53 Å². The van der Waals surface area contributed by atoms with Gasteiger partial charge < -0.3 is 9.84 Å². The Labute approximate surface area is 203 Å². The van der Waals surface area contributed by atoms with Crippen LogP contribution in [0, 0.1) is 52.3 Å². The van der Waals surface area contributed by atoms with Crippen molar-refractivity contribution >= 4 is 5.97 Å². The minimum absolute atomic E-state index is 0.0818. The zero-order chi connectivity index (χ0) is 24.0. The molecule has 4 rings (SSSR count). The molecule has 3 fully saturated rings. The van der Waals surface area contributed by atoms with Gasteiger partial charge in [-0.25, -0.2) is 0 Å². The predicted molar refractivity (Wildman–Crippen MR) is 135 cm³/mol. The summed E-state index contributed by atoms with van der Waals surface area (Å²) >= 11 is 0. The van der Waals surface area contributed by atoms with Crippen molar-refractivity contribution < 1.29 is 14.6 Å². The van der Waals surface area contributed by atoms with Gasteiger partial charge in [0.1, 0.15) is 0 Å². The van der Waals surface area contributed by atoms with E-state index in [9.17, 15) is 9.90 Å². The molecule has 3 heteroatoms. The normalized spacial score (nSPS) is 43.3. The van der Waals surface area contributed by atoms with Gasteiger partial charge >= 0.3 is 5.97 Å². The molecule has 0 spiro atoms. The van der Waals surface area contributed by atoms with Crippen LogP contribution in [-0.4, -0.2) is 23.8 Å². The van der Waals surface area contributed by atoms with Gasteiger partial charge in [0.25, 0.3) is 0 Å². The number of aliphatic hydroxyl groups excluding tert-OH is 1. The molecule has 3 saturated carbocycles. The summed E-state index contributed by atoms with van der Waals surface area (Å²) in [5.41, 5.74) is 1.66. The molecule has 9 atom stereocenters. The zero-order valence-corrected chi connectivity index (χ0v) is 22.2. The highest BCUT2D eigenvalue weighted by molar-refractivity contribution is 5.75. The molecular formula is C30H50O3. The third kappa shape index (κ3) is 4.34. The summed E-state index contributed by atoms with van der Waals surface area (Å²) in [7, 11) is 0. The molecule has 1 N–H and O–H groups in total. The van der Waals surface area contributed by atoms with Crippen molar-refractivity contribution in [2.75, 3.05) is 6.61 Å². The summed E-state index contributed by atoms with van der Waals surface area (Å²) in [6.45, 7) is 14.5. The Bertz CT molecular complexity index is 741. The Morgan fingerprint density at radius 2 is 1.91 bits per heavy atom. The van der Waals surface area contributed by atoms with Crippen LogP contribution in [0.3, 0.4) is 0 Å². The number of rotatable bonds is 7. The van der Waals surface area contributed by atoms with E-state index in [0.29, 0.717) is 30.3 Å². The van der Waals surface area contributed by atoms with Gasteiger partial charge in [0, 0.05) is 5.41 Å². The molecule has 0 bridgehead atoms. The van der Waals surface area contributed by atoms with Gasteiger partial charge in [-0.05, 0) is 92.8 Å². The number of allylic oxidation sites excluding steroid dienone is 1. The lowest BCUT2D eigenvalue weighted by atomic mass is 9.44. The number of hydrogen-bond donors (Lipinski definition) is 1. The lowest BCUT2D eigenvalue weighted by Gasteiger charge is -2.60. The topological polar surface area (TPSA) is 46.5 Å². The first-order valence-corrected chi connectivity index (χ1v) is 14.2. The summed E-state index contributed by atoms with van der Waals surface area (Å²) in [5, 5.41) is 10.6. The van der Waals surface area contributed by atoms with Crippen LogP contribution in [0.1, 0.15) is 106 Å².